The van der Waals surface area contributed by atoms with Crippen molar-refractivity contribution in [3.63, 3.8) is 0 Å². The van der Waals surface area contributed by atoms with Crippen molar-refractivity contribution in [2.75, 3.05) is 37.7 Å². The molecule has 0 saturated carbocycles. The quantitative estimate of drug-likeness (QED) is 0.408. The normalized spacial score (nSPS) is 13.3. The number of hydrogen-bond donors (Lipinski definition) is 0. The lowest BCUT2D eigenvalue weighted by molar-refractivity contribution is 0.0740. The van der Waals surface area contributed by atoms with Gasteiger partial charge in [-0.1, -0.05) is 5.92 Å². The van der Waals surface area contributed by atoms with Crippen molar-refractivity contribution < 1.29 is 9.53 Å². The fourth-order valence-electron chi connectivity index (χ4n) is 4.31. The largest absolute Gasteiger partial charge is 0.492 e. The standard InChI is InChI=1S/C27H23N7O2/c1-3-19-7-8-29-24(13-19)27(35)33-11-9-32(10-12-33)25-6-5-20(16-30-25)23-14-22(36-4-2)18-34-26(23)21(15-28)17-31-34/h1,5-8,13-14,16-18H,4,9-12H2,2H3. The van der Waals surface area contributed by atoms with Crippen LogP contribution < -0.4 is 9.64 Å². The second-order valence-electron chi connectivity index (χ2n) is 8.24. The number of ether oxygens (including phenoxy) is 1. The maximum Gasteiger partial charge on any atom is 0.272 e. The molecule has 1 saturated heterocycles. The lowest BCUT2D eigenvalue weighted by atomic mass is 10.1. The second-order valence-corrected chi connectivity index (χ2v) is 8.24. The number of amides is 1. The van der Waals surface area contributed by atoms with Crippen LogP contribution in [0.1, 0.15) is 28.5 Å². The second kappa shape index (κ2) is 9.77. The number of nitriles is 1. The van der Waals surface area contributed by atoms with Crippen LogP contribution in [0.4, 0.5) is 5.82 Å². The van der Waals surface area contributed by atoms with Crippen LogP contribution in [0, 0.1) is 23.7 Å². The van der Waals surface area contributed by atoms with Gasteiger partial charge < -0.3 is 14.5 Å². The maximum absolute atomic E-state index is 12.8. The lowest BCUT2D eigenvalue weighted by Gasteiger charge is -2.35. The Kier molecular flexibility index (Phi) is 6.21. The van der Waals surface area contributed by atoms with Crippen LogP contribution in [-0.2, 0) is 0 Å². The molecule has 9 heteroatoms. The molecule has 9 nitrogen and oxygen atoms in total. The van der Waals surface area contributed by atoms with Crippen molar-refractivity contribution >= 4 is 17.2 Å². The molecule has 178 valence electrons. The van der Waals surface area contributed by atoms with E-state index in [2.05, 4.69) is 32.0 Å². The smallest absolute Gasteiger partial charge is 0.272 e. The highest BCUT2D eigenvalue weighted by Gasteiger charge is 2.24. The van der Waals surface area contributed by atoms with Crippen LogP contribution in [0.3, 0.4) is 0 Å². The first-order valence-electron chi connectivity index (χ1n) is 11.6. The Balaban J connectivity index is 1.33. The van der Waals surface area contributed by atoms with E-state index >= 15 is 0 Å². The van der Waals surface area contributed by atoms with E-state index in [9.17, 15) is 10.1 Å². The van der Waals surface area contributed by atoms with Gasteiger partial charge in [-0.3, -0.25) is 9.78 Å². The Labute approximate surface area is 208 Å². The molecule has 0 unspecified atom stereocenters. The Morgan fingerprint density at radius 2 is 1.97 bits per heavy atom. The van der Waals surface area contributed by atoms with E-state index < -0.39 is 0 Å². The van der Waals surface area contributed by atoms with Gasteiger partial charge in [0.15, 0.2) is 0 Å². The summed E-state index contributed by atoms with van der Waals surface area (Å²) in [5.41, 5.74) is 3.88. The minimum absolute atomic E-state index is 0.123. The van der Waals surface area contributed by atoms with Crippen LogP contribution in [0.5, 0.6) is 5.75 Å². The zero-order valence-corrected chi connectivity index (χ0v) is 19.8. The summed E-state index contributed by atoms with van der Waals surface area (Å²) in [5.74, 6) is 3.91. The Bertz CT molecular complexity index is 1500. The first-order chi connectivity index (χ1) is 17.6. The number of fused-ring (bicyclic) bond motifs is 1. The van der Waals surface area contributed by atoms with Crippen molar-refractivity contribution in [1.29, 1.82) is 5.26 Å². The summed E-state index contributed by atoms with van der Waals surface area (Å²) in [7, 11) is 0. The van der Waals surface area contributed by atoms with E-state index in [0.717, 1.165) is 16.9 Å². The van der Waals surface area contributed by atoms with Gasteiger partial charge in [0, 0.05) is 55.3 Å². The number of rotatable bonds is 5. The minimum Gasteiger partial charge on any atom is -0.492 e. The van der Waals surface area contributed by atoms with Gasteiger partial charge in [0.05, 0.1) is 30.1 Å². The highest BCUT2D eigenvalue weighted by atomic mass is 16.5. The molecule has 1 amide bonds. The van der Waals surface area contributed by atoms with E-state index in [1.54, 1.807) is 46.3 Å². The maximum atomic E-state index is 12.8. The van der Waals surface area contributed by atoms with E-state index in [0.29, 0.717) is 60.9 Å². The van der Waals surface area contributed by atoms with Gasteiger partial charge in [0.1, 0.15) is 23.3 Å². The third-order valence-corrected chi connectivity index (χ3v) is 6.11. The number of terminal acetylenes is 1. The molecule has 0 bridgehead atoms. The number of pyridine rings is 3. The van der Waals surface area contributed by atoms with Crippen LogP contribution >= 0.6 is 0 Å². The molecule has 0 atom stereocenters. The first kappa shape index (κ1) is 22.9. The number of aromatic nitrogens is 4. The molecular weight excluding hydrogens is 454 g/mol. The monoisotopic (exact) mass is 477 g/mol. The molecule has 36 heavy (non-hydrogen) atoms. The number of carbonyl (C=O) groups is 1. The molecule has 0 N–H and O–H groups in total. The first-order valence-corrected chi connectivity index (χ1v) is 11.6. The topological polar surface area (TPSA) is 99.6 Å². The van der Waals surface area contributed by atoms with Gasteiger partial charge in [-0.15, -0.1) is 6.42 Å². The van der Waals surface area contributed by atoms with Crippen LogP contribution in [-0.4, -0.2) is 63.2 Å². The molecule has 5 heterocycles. The number of carbonyl (C=O) groups excluding carboxylic acids is 1. The van der Waals surface area contributed by atoms with Crippen LogP contribution in [0.25, 0.3) is 16.6 Å². The molecule has 1 fully saturated rings. The molecule has 0 aliphatic carbocycles. The minimum atomic E-state index is -0.123. The van der Waals surface area contributed by atoms with Gasteiger partial charge >= 0.3 is 0 Å². The number of nitrogens with zero attached hydrogens (tertiary/aromatic N) is 7. The number of piperazine rings is 1. The van der Waals surface area contributed by atoms with E-state index in [4.69, 9.17) is 11.2 Å². The third-order valence-electron chi connectivity index (χ3n) is 6.11. The number of anilines is 1. The molecule has 4 aromatic rings. The predicted molar refractivity (Wildman–Crippen MR) is 135 cm³/mol. The fraction of sp³-hybridized carbons (Fsp3) is 0.222. The lowest BCUT2D eigenvalue weighted by Crippen LogP contribution is -2.49. The van der Waals surface area contributed by atoms with Crippen molar-refractivity contribution in [1.82, 2.24) is 24.5 Å². The molecule has 0 aromatic carbocycles. The number of hydrogen-bond acceptors (Lipinski definition) is 7. The summed E-state index contributed by atoms with van der Waals surface area (Å²) < 4.78 is 7.36. The van der Waals surface area contributed by atoms with Crippen molar-refractivity contribution in [2.24, 2.45) is 0 Å². The Morgan fingerprint density at radius 3 is 2.67 bits per heavy atom. The average molecular weight is 478 g/mol. The van der Waals surface area contributed by atoms with Crippen molar-refractivity contribution in [3.8, 4) is 35.3 Å². The van der Waals surface area contributed by atoms with Gasteiger partial charge in [-0.2, -0.15) is 10.4 Å². The van der Waals surface area contributed by atoms with Gasteiger partial charge in [-0.05, 0) is 37.3 Å². The SMILES string of the molecule is C#Cc1ccnc(C(=O)N2CCN(c3ccc(-c4cc(OCC)cn5ncc(C#N)c45)cn3)CC2)c1. The molecular formula is C27H23N7O2. The van der Waals surface area contributed by atoms with E-state index in [1.807, 2.05) is 25.1 Å². The van der Waals surface area contributed by atoms with Crippen LogP contribution in [0.15, 0.2) is 55.1 Å². The zero-order chi connectivity index (χ0) is 25.1. The molecule has 0 spiro atoms. The van der Waals surface area contributed by atoms with Gasteiger partial charge in [-0.25, -0.2) is 9.50 Å². The summed E-state index contributed by atoms with van der Waals surface area (Å²) in [6, 6.07) is 11.4. The molecule has 0 radical (unpaired) electrons. The van der Waals surface area contributed by atoms with Crippen molar-refractivity contribution in [3.05, 3.63) is 71.9 Å². The van der Waals surface area contributed by atoms with Crippen LogP contribution in [0.2, 0.25) is 0 Å². The Hall–Kier alpha value is -4.89. The summed E-state index contributed by atoms with van der Waals surface area (Å²) in [6.07, 6.45) is 12.1. The summed E-state index contributed by atoms with van der Waals surface area (Å²) in [6.45, 7) is 4.86. The molecule has 5 rings (SSSR count). The summed E-state index contributed by atoms with van der Waals surface area (Å²) in [5, 5.41) is 13.8. The molecule has 1 aliphatic rings. The Morgan fingerprint density at radius 1 is 1.14 bits per heavy atom. The predicted octanol–water partition coefficient (Wildman–Crippen LogP) is 3.01. The zero-order valence-electron chi connectivity index (χ0n) is 19.8. The summed E-state index contributed by atoms with van der Waals surface area (Å²) >= 11 is 0. The highest BCUT2D eigenvalue weighted by Crippen LogP contribution is 2.31. The third kappa shape index (κ3) is 4.30. The van der Waals surface area contributed by atoms with E-state index in [1.165, 1.54) is 0 Å². The highest BCUT2D eigenvalue weighted by molar-refractivity contribution is 5.92. The fourth-order valence-corrected chi connectivity index (χ4v) is 4.31. The molecule has 1 aliphatic heterocycles. The summed E-state index contributed by atoms with van der Waals surface area (Å²) in [4.78, 5) is 25.6. The van der Waals surface area contributed by atoms with E-state index in [-0.39, 0.29) is 5.91 Å². The average Bonchev–Trinajstić information content (AvgIpc) is 3.36. The van der Waals surface area contributed by atoms with Gasteiger partial charge in [0.25, 0.3) is 5.91 Å². The molecule has 4 aromatic heterocycles. The van der Waals surface area contributed by atoms with Gasteiger partial charge in [0.2, 0.25) is 0 Å². The van der Waals surface area contributed by atoms with Crippen molar-refractivity contribution in [2.45, 2.75) is 6.92 Å².